The van der Waals surface area contributed by atoms with Crippen LogP contribution in [0.2, 0.25) is 0 Å². The molecule has 126 valence electrons. The van der Waals surface area contributed by atoms with Crippen molar-refractivity contribution in [3.63, 3.8) is 0 Å². The maximum absolute atomic E-state index is 12.3. The summed E-state index contributed by atoms with van der Waals surface area (Å²) in [6, 6.07) is 0. The first-order valence-electron chi connectivity index (χ1n) is 7.59. The van der Waals surface area contributed by atoms with Gasteiger partial charge in [-0.2, -0.15) is 0 Å². The largest absolute Gasteiger partial charge is 0.380 e. The molecule has 2 heterocycles. The summed E-state index contributed by atoms with van der Waals surface area (Å²) in [7, 11) is -1.81. The molecule has 0 aromatic carbocycles. The lowest BCUT2D eigenvalue weighted by Crippen LogP contribution is -2.37. The predicted octanol–water partition coefficient (Wildman–Crippen LogP) is 0.242. The highest BCUT2D eigenvalue weighted by atomic mass is 32.2. The number of anilines is 1. The number of nitrogens with zero attached hydrogens (tertiary/aromatic N) is 4. The SMILES string of the molecule is CCCCOCCS(=O)(=O)c1nnc(N2CCOCC2)n1C. The highest BCUT2D eigenvalue weighted by molar-refractivity contribution is 7.91. The van der Waals surface area contributed by atoms with Crippen LogP contribution in [0.3, 0.4) is 0 Å². The van der Waals surface area contributed by atoms with Crippen molar-refractivity contribution in [1.29, 1.82) is 0 Å². The zero-order valence-electron chi connectivity index (χ0n) is 13.2. The van der Waals surface area contributed by atoms with E-state index >= 15 is 0 Å². The fourth-order valence-electron chi connectivity index (χ4n) is 2.23. The third-order valence-corrected chi connectivity index (χ3v) is 5.14. The Kier molecular flexibility index (Phi) is 6.16. The number of morpholine rings is 1. The molecule has 1 aromatic heterocycles. The smallest absolute Gasteiger partial charge is 0.251 e. The normalized spacial score (nSPS) is 16.2. The average molecular weight is 332 g/mol. The zero-order chi connectivity index (χ0) is 16.0. The van der Waals surface area contributed by atoms with Crippen LogP contribution < -0.4 is 4.90 Å². The van der Waals surface area contributed by atoms with Crippen LogP contribution in [0.5, 0.6) is 0 Å². The minimum Gasteiger partial charge on any atom is -0.380 e. The van der Waals surface area contributed by atoms with E-state index in [0.29, 0.717) is 38.9 Å². The molecule has 2 rings (SSSR count). The van der Waals surface area contributed by atoms with Crippen LogP contribution in [0.1, 0.15) is 19.8 Å². The van der Waals surface area contributed by atoms with E-state index in [4.69, 9.17) is 9.47 Å². The summed E-state index contributed by atoms with van der Waals surface area (Å²) in [6.45, 7) is 5.43. The Morgan fingerprint density at radius 3 is 2.64 bits per heavy atom. The molecule has 0 bridgehead atoms. The van der Waals surface area contributed by atoms with E-state index in [1.807, 2.05) is 4.90 Å². The maximum Gasteiger partial charge on any atom is 0.251 e. The second-order valence-electron chi connectivity index (χ2n) is 5.23. The molecule has 0 unspecified atom stereocenters. The third-order valence-electron chi connectivity index (χ3n) is 3.52. The first-order valence-corrected chi connectivity index (χ1v) is 9.24. The van der Waals surface area contributed by atoms with Gasteiger partial charge in [-0.3, -0.25) is 4.57 Å². The molecule has 0 saturated carbocycles. The second-order valence-corrected chi connectivity index (χ2v) is 7.23. The Morgan fingerprint density at radius 1 is 1.23 bits per heavy atom. The lowest BCUT2D eigenvalue weighted by atomic mass is 10.4. The zero-order valence-corrected chi connectivity index (χ0v) is 14.0. The monoisotopic (exact) mass is 332 g/mol. The fraction of sp³-hybridized carbons (Fsp3) is 0.846. The van der Waals surface area contributed by atoms with Gasteiger partial charge < -0.3 is 14.4 Å². The summed E-state index contributed by atoms with van der Waals surface area (Å²) >= 11 is 0. The highest BCUT2D eigenvalue weighted by Gasteiger charge is 2.25. The lowest BCUT2D eigenvalue weighted by Gasteiger charge is -2.27. The minimum absolute atomic E-state index is 0.00640. The molecule has 22 heavy (non-hydrogen) atoms. The van der Waals surface area contributed by atoms with Gasteiger partial charge >= 0.3 is 0 Å². The van der Waals surface area contributed by atoms with Crippen molar-refractivity contribution in [2.45, 2.75) is 24.9 Å². The predicted molar refractivity (Wildman–Crippen MR) is 81.8 cm³/mol. The summed E-state index contributed by atoms with van der Waals surface area (Å²) in [5, 5.41) is 7.88. The van der Waals surface area contributed by atoms with Crippen molar-refractivity contribution in [2.75, 3.05) is 50.2 Å². The van der Waals surface area contributed by atoms with Gasteiger partial charge in [-0.15, -0.1) is 10.2 Å². The van der Waals surface area contributed by atoms with Gasteiger partial charge in [0.15, 0.2) is 0 Å². The van der Waals surface area contributed by atoms with Crippen molar-refractivity contribution >= 4 is 15.8 Å². The van der Waals surface area contributed by atoms with Gasteiger partial charge in [0.2, 0.25) is 15.8 Å². The van der Waals surface area contributed by atoms with Gasteiger partial charge in [0.05, 0.1) is 25.6 Å². The summed E-state index contributed by atoms with van der Waals surface area (Å²) in [4.78, 5) is 1.98. The van der Waals surface area contributed by atoms with Crippen LogP contribution in [-0.2, 0) is 26.4 Å². The van der Waals surface area contributed by atoms with Gasteiger partial charge in [0, 0.05) is 26.7 Å². The van der Waals surface area contributed by atoms with Crippen molar-refractivity contribution in [3.05, 3.63) is 0 Å². The quantitative estimate of drug-likeness (QED) is 0.630. The minimum atomic E-state index is -3.49. The summed E-state index contributed by atoms with van der Waals surface area (Å²) < 4.78 is 36.8. The summed E-state index contributed by atoms with van der Waals surface area (Å²) in [5.74, 6) is 0.486. The van der Waals surface area contributed by atoms with Crippen LogP contribution in [-0.4, -0.2) is 68.5 Å². The van der Waals surface area contributed by atoms with E-state index in [-0.39, 0.29) is 17.5 Å². The summed E-state index contributed by atoms with van der Waals surface area (Å²) in [5.41, 5.74) is 0. The maximum atomic E-state index is 12.3. The first kappa shape index (κ1) is 17.2. The number of rotatable bonds is 8. The molecule has 0 atom stereocenters. The summed E-state index contributed by atoms with van der Waals surface area (Å²) in [6.07, 6.45) is 1.96. The third kappa shape index (κ3) is 4.17. The number of hydrogen-bond acceptors (Lipinski definition) is 7. The van der Waals surface area contributed by atoms with Crippen LogP contribution >= 0.6 is 0 Å². The Balaban J connectivity index is 2.00. The van der Waals surface area contributed by atoms with E-state index in [2.05, 4.69) is 17.1 Å². The number of ether oxygens (including phenoxy) is 2. The van der Waals surface area contributed by atoms with Crippen LogP contribution in [0.15, 0.2) is 5.16 Å². The van der Waals surface area contributed by atoms with E-state index < -0.39 is 9.84 Å². The van der Waals surface area contributed by atoms with Gasteiger partial charge in [-0.05, 0) is 6.42 Å². The van der Waals surface area contributed by atoms with E-state index in [0.717, 1.165) is 12.8 Å². The van der Waals surface area contributed by atoms with Crippen molar-refractivity contribution < 1.29 is 17.9 Å². The van der Waals surface area contributed by atoms with Crippen LogP contribution in [0.25, 0.3) is 0 Å². The number of hydrogen-bond donors (Lipinski definition) is 0. The van der Waals surface area contributed by atoms with Gasteiger partial charge in [0.1, 0.15) is 0 Å². The van der Waals surface area contributed by atoms with Gasteiger partial charge in [0.25, 0.3) is 5.16 Å². The van der Waals surface area contributed by atoms with E-state index in [9.17, 15) is 8.42 Å². The Bertz CT molecular complexity index is 567. The van der Waals surface area contributed by atoms with Gasteiger partial charge in [-0.25, -0.2) is 8.42 Å². The molecule has 0 aliphatic carbocycles. The van der Waals surface area contributed by atoms with Crippen molar-refractivity contribution in [2.24, 2.45) is 7.05 Å². The molecule has 1 aliphatic heterocycles. The Labute approximate surface area is 131 Å². The van der Waals surface area contributed by atoms with E-state index in [1.54, 1.807) is 7.05 Å². The Hall–Kier alpha value is -1.19. The van der Waals surface area contributed by atoms with Crippen molar-refractivity contribution in [3.8, 4) is 0 Å². The number of unbranched alkanes of at least 4 members (excludes halogenated alkanes) is 1. The number of aromatic nitrogens is 3. The molecule has 8 nitrogen and oxygen atoms in total. The molecule has 1 fully saturated rings. The molecule has 0 amide bonds. The van der Waals surface area contributed by atoms with Crippen LogP contribution in [0.4, 0.5) is 5.95 Å². The standard InChI is InChI=1S/C13H24N4O4S/c1-3-4-7-20-10-11-22(18,19)13-15-14-12(16(13)2)17-5-8-21-9-6-17/h3-11H2,1-2H3. The van der Waals surface area contributed by atoms with Gasteiger partial charge in [-0.1, -0.05) is 13.3 Å². The molecule has 0 N–H and O–H groups in total. The second kappa shape index (κ2) is 7.89. The highest BCUT2D eigenvalue weighted by Crippen LogP contribution is 2.17. The lowest BCUT2D eigenvalue weighted by molar-refractivity contribution is 0.121. The molecule has 0 radical (unpaired) electrons. The first-order chi connectivity index (χ1) is 10.6. The average Bonchev–Trinajstić information content (AvgIpc) is 2.90. The molecule has 1 aliphatic rings. The molecule has 1 saturated heterocycles. The Morgan fingerprint density at radius 2 is 1.95 bits per heavy atom. The fourth-order valence-corrected chi connectivity index (χ4v) is 3.41. The molecule has 0 spiro atoms. The molecule has 9 heteroatoms. The van der Waals surface area contributed by atoms with Crippen molar-refractivity contribution in [1.82, 2.24) is 14.8 Å². The molecular formula is C13H24N4O4S. The topological polar surface area (TPSA) is 86.6 Å². The van der Waals surface area contributed by atoms with E-state index in [1.165, 1.54) is 4.57 Å². The molecule has 1 aromatic rings. The molecular weight excluding hydrogens is 308 g/mol. The van der Waals surface area contributed by atoms with Crippen LogP contribution in [0, 0.1) is 0 Å². The number of sulfone groups is 1.